The minimum atomic E-state index is -0.824. The van der Waals surface area contributed by atoms with Crippen molar-refractivity contribution in [3.05, 3.63) is 76.7 Å². The lowest BCUT2D eigenvalue weighted by Crippen LogP contribution is -2.43. The highest BCUT2D eigenvalue weighted by Gasteiger charge is 2.20. The summed E-state index contributed by atoms with van der Waals surface area (Å²) in [6, 6.07) is 12.8. The number of ether oxygens (including phenoxy) is 1. The molecular formula is C22H20FN3O4. The Labute approximate surface area is 172 Å². The molecule has 3 rings (SSSR count). The van der Waals surface area contributed by atoms with Crippen molar-refractivity contribution in [1.29, 1.82) is 0 Å². The van der Waals surface area contributed by atoms with Crippen LogP contribution in [0.25, 0.3) is 10.9 Å². The Bertz CT molecular complexity index is 1130. The molecule has 0 saturated heterocycles. The zero-order chi connectivity index (χ0) is 21.7. The molecule has 0 spiro atoms. The zero-order valence-electron chi connectivity index (χ0n) is 16.5. The summed E-state index contributed by atoms with van der Waals surface area (Å²) in [5.74, 6) is -2.99. The van der Waals surface area contributed by atoms with Gasteiger partial charge in [-0.2, -0.15) is 0 Å². The fraction of sp³-hybridized carbons (Fsp3) is 0.182. The van der Waals surface area contributed by atoms with Crippen LogP contribution in [0.15, 0.2) is 48.5 Å². The van der Waals surface area contributed by atoms with E-state index in [1.165, 1.54) is 18.2 Å². The highest BCUT2D eigenvalue weighted by Crippen LogP contribution is 2.24. The SMILES string of the molecule is CCc1nc2ccccc2c(C)c1C(=O)OCC(=O)NNC(=O)c1ccccc1F. The molecule has 0 fully saturated rings. The topological polar surface area (TPSA) is 97.4 Å². The van der Waals surface area contributed by atoms with Crippen LogP contribution in [0.5, 0.6) is 0 Å². The van der Waals surface area contributed by atoms with Gasteiger partial charge in [-0.3, -0.25) is 25.4 Å². The van der Waals surface area contributed by atoms with E-state index in [0.29, 0.717) is 17.7 Å². The molecule has 2 aromatic carbocycles. The van der Waals surface area contributed by atoms with Gasteiger partial charge in [0.05, 0.1) is 22.3 Å². The standard InChI is InChI=1S/C22H20FN3O4/c1-3-17-20(13(2)14-8-5-7-11-18(14)24-17)22(29)30-12-19(27)25-26-21(28)15-9-4-6-10-16(15)23/h4-11H,3,12H2,1-2H3,(H,25,27)(H,26,28). The molecule has 8 heteroatoms. The Hall–Kier alpha value is -3.81. The van der Waals surface area contributed by atoms with Gasteiger partial charge in [0, 0.05) is 5.39 Å². The van der Waals surface area contributed by atoms with Gasteiger partial charge in [0.1, 0.15) is 5.82 Å². The third kappa shape index (κ3) is 4.43. The number of hydrogen-bond acceptors (Lipinski definition) is 5. The van der Waals surface area contributed by atoms with Gasteiger partial charge in [0.15, 0.2) is 6.61 Å². The number of nitrogens with one attached hydrogen (secondary N) is 2. The van der Waals surface area contributed by atoms with E-state index < -0.39 is 30.2 Å². The summed E-state index contributed by atoms with van der Waals surface area (Å²) in [6.45, 7) is 3.05. The number of carbonyl (C=O) groups excluding carboxylic acids is 3. The summed E-state index contributed by atoms with van der Waals surface area (Å²) >= 11 is 0. The Morgan fingerprint density at radius 2 is 1.73 bits per heavy atom. The third-order valence-corrected chi connectivity index (χ3v) is 4.53. The maximum Gasteiger partial charge on any atom is 0.340 e. The largest absolute Gasteiger partial charge is 0.452 e. The summed E-state index contributed by atoms with van der Waals surface area (Å²) in [4.78, 5) is 41.0. The van der Waals surface area contributed by atoms with Gasteiger partial charge in [-0.05, 0) is 37.1 Å². The zero-order valence-corrected chi connectivity index (χ0v) is 16.5. The minimum Gasteiger partial charge on any atom is -0.452 e. The van der Waals surface area contributed by atoms with E-state index in [1.54, 1.807) is 6.92 Å². The number of fused-ring (bicyclic) bond motifs is 1. The van der Waals surface area contributed by atoms with Crippen LogP contribution in [0.4, 0.5) is 4.39 Å². The van der Waals surface area contributed by atoms with Crippen LogP contribution in [0.1, 0.15) is 38.9 Å². The van der Waals surface area contributed by atoms with E-state index in [4.69, 9.17) is 4.74 Å². The molecule has 0 saturated carbocycles. The molecule has 0 radical (unpaired) electrons. The maximum atomic E-state index is 13.6. The number of carbonyl (C=O) groups is 3. The molecule has 1 aromatic heterocycles. The number of amides is 2. The van der Waals surface area contributed by atoms with Crippen molar-refractivity contribution in [3.8, 4) is 0 Å². The summed E-state index contributed by atoms with van der Waals surface area (Å²) in [6.07, 6.45) is 0.515. The number of aryl methyl sites for hydroxylation is 2. The summed E-state index contributed by atoms with van der Waals surface area (Å²) in [7, 11) is 0. The summed E-state index contributed by atoms with van der Waals surface area (Å²) in [5.41, 5.74) is 6.33. The van der Waals surface area contributed by atoms with E-state index in [1.807, 2.05) is 31.2 Å². The first-order valence-corrected chi connectivity index (χ1v) is 9.31. The lowest BCUT2D eigenvalue weighted by Gasteiger charge is -2.13. The second kappa shape index (κ2) is 9.13. The average Bonchev–Trinajstić information content (AvgIpc) is 2.76. The molecule has 7 nitrogen and oxygen atoms in total. The van der Waals surface area contributed by atoms with Gasteiger partial charge < -0.3 is 4.74 Å². The third-order valence-electron chi connectivity index (χ3n) is 4.53. The molecule has 0 bridgehead atoms. The number of pyridine rings is 1. The van der Waals surface area contributed by atoms with Crippen LogP contribution in [-0.4, -0.2) is 29.4 Å². The average molecular weight is 409 g/mol. The molecule has 1 heterocycles. The first-order chi connectivity index (χ1) is 14.4. The van der Waals surface area contributed by atoms with Gasteiger partial charge in [-0.15, -0.1) is 0 Å². The fourth-order valence-corrected chi connectivity index (χ4v) is 3.05. The maximum absolute atomic E-state index is 13.6. The second-order valence-corrected chi connectivity index (χ2v) is 6.49. The van der Waals surface area contributed by atoms with E-state index in [0.717, 1.165) is 22.5 Å². The van der Waals surface area contributed by atoms with E-state index in [9.17, 15) is 18.8 Å². The number of hydrazine groups is 1. The lowest BCUT2D eigenvalue weighted by molar-refractivity contribution is -0.125. The molecule has 0 unspecified atom stereocenters. The Balaban J connectivity index is 1.64. The van der Waals surface area contributed by atoms with Gasteiger partial charge in [0.2, 0.25) is 0 Å². The molecule has 2 N–H and O–H groups in total. The number of rotatable bonds is 5. The van der Waals surface area contributed by atoms with Crippen LogP contribution in [-0.2, 0) is 16.0 Å². The van der Waals surface area contributed by atoms with Gasteiger partial charge in [-0.25, -0.2) is 9.18 Å². The molecule has 0 aliphatic carbocycles. The van der Waals surface area contributed by atoms with Crippen LogP contribution in [0.2, 0.25) is 0 Å². The Morgan fingerprint density at radius 1 is 1.03 bits per heavy atom. The van der Waals surface area contributed by atoms with Crippen LogP contribution in [0, 0.1) is 12.7 Å². The summed E-state index contributed by atoms with van der Waals surface area (Å²) in [5, 5.41) is 0.822. The Morgan fingerprint density at radius 3 is 2.47 bits per heavy atom. The quantitative estimate of drug-likeness (QED) is 0.499. The molecular weight excluding hydrogens is 389 g/mol. The lowest BCUT2D eigenvalue weighted by atomic mass is 10.0. The highest BCUT2D eigenvalue weighted by atomic mass is 19.1. The molecule has 30 heavy (non-hydrogen) atoms. The van der Waals surface area contributed by atoms with Crippen molar-refractivity contribution in [2.75, 3.05) is 6.61 Å². The molecule has 0 aliphatic rings. The van der Waals surface area contributed by atoms with Crippen LogP contribution >= 0.6 is 0 Å². The molecule has 3 aromatic rings. The van der Waals surface area contributed by atoms with Gasteiger partial charge >= 0.3 is 5.97 Å². The molecule has 0 atom stereocenters. The number of halogens is 1. The minimum absolute atomic E-state index is 0.222. The number of aromatic nitrogens is 1. The van der Waals surface area contributed by atoms with Crippen molar-refractivity contribution < 1.29 is 23.5 Å². The van der Waals surface area contributed by atoms with Crippen molar-refractivity contribution in [3.63, 3.8) is 0 Å². The number of nitrogens with zero attached hydrogens (tertiary/aromatic N) is 1. The monoisotopic (exact) mass is 409 g/mol. The van der Waals surface area contributed by atoms with Crippen molar-refractivity contribution >= 4 is 28.7 Å². The number of benzene rings is 2. The molecule has 154 valence electrons. The first-order valence-electron chi connectivity index (χ1n) is 9.31. The fourth-order valence-electron chi connectivity index (χ4n) is 3.05. The van der Waals surface area contributed by atoms with Crippen LogP contribution < -0.4 is 10.9 Å². The van der Waals surface area contributed by atoms with Gasteiger partial charge in [0.25, 0.3) is 11.8 Å². The van der Waals surface area contributed by atoms with Crippen molar-refractivity contribution in [2.45, 2.75) is 20.3 Å². The van der Waals surface area contributed by atoms with Crippen LogP contribution in [0.3, 0.4) is 0 Å². The predicted molar refractivity (Wildman–Crippen MR) is 108 cm³/mol. The predicted octanol–water partition coefficient (Wildman–Crippen LogP) is 2.86. The Kier molecular flexibility index (Phi) is 6.36. The number of esters is 1. The van der Waals surface area contributed by atoms with E-state index in [2.05, 4.69) is 15.8 Å². The number of hydrogen-bond donors (Lipinski definition) is 2. The molecule has 2 amide bonds. The first kappa shape index (κ1) is 20.9. The highest BCUT2D eigenvalue weighted by molar-refractivity contribution is 5.99. The molecule has 0 aliphatic heterocycles. The van der Waals surface area contributed by atoms with E-state index >= 15 is 0 Å². The number of para-hydroxylation sites is 1. The smallest absolute Gasteiger partial charge is 0.340 e. The van der Waals surface area contributed by atoms with Gasteiger partial charge in [-0.1, -0.05) is 37.3 Å². The van der Waals surface area contributed by atoms with E-state index in [-0.39, 0.29) is 5.56 Å². The summed E-state index contributed by atoms with van der Waals surface area (Å²) < 4.78 is 18.7. The van der Waals surface area contributed by atoms with Crippen molar-refractivity contribution in [2.24, 2.45) is 0 Å². The second-order valence-electron chi connectivity index (χ2n) is 6.49. The normalized spacial score (nSPS) is 10.5. The van der Waals surface area contributed by atoms with Crippen molar-refractivity contribution in [1.82, 2.24) is 15.8 Å².